The maximum Gasteiger partial charge on any atom is 0.363 e. The zero-order valence-electron chi connectivity index (χ0n) is 8.92. The van der Waals surface area contributed by atoms with E-state index in [0.717, 1.165) is 13.5 Å². The average Bonchev–Trinajstić information content (AvgIpc) is 3.02. The minimum atomic E-state index is -0.400. The van der Waals surface area contributed by atoms with Crippen LogP contribution in [0.15, 0.2) is 44.1 Å². The molecule has 0 aromatic carbocycles. The molecule has 0 unspecified atom stereocenters. The Morgan fingerprint density at radius 3 is 2.89 bits per heavy atom. The number of rotatable bonds is 2. The molecule has 0 saturated carbocycles. The highest BCUT2D eigenvalue weighted by Gasteiger charge is 2.24. The molecule has 0 aliphatic carbocycles. The van der Waals surface area contributed by atoms with Gasteiger partial charge in [-0.1, -0.05) is 6.07 Å². The average molecular weight is 340 g/mol. The minimum Gasteiger partial charge on any atom is -0.401 e. The Morgan fingerprint density at radius 2 is 2.22 bits per heavy atom. The van der Waals surface area contributed by atoms with Crippen LogP contribution in [0.4, 0.5) is 0 Å². The third-order valence-electron chi connectivity index (χ3n) is 2.23. The lowest BCUT2D eigenvalue weighted by atomic mass is 10.3. The molecule has 6 heteroatoms. The lowest BCUT2D eigenvalue weighted by Gasteiger charge is -1.92. The van der Waals surface area contributed by atoms with Gasteiger partial charge in [0, 0.05) is 4.88 Å². The van der Waals surface area contributed by atoms with Crippen LogP contribution < -0.4 is 0 Å². The van der Waals surface area contributed by atoms with Gasteiger partial charge in [-0.05, 0) is 45.6 Å². The number of halogens is 1. The van der Waals surface area contributed by atoms with Crippen LogP contribution in [0.1, 0.15) is 9.75 Å². The zero-order chi connectivity index (χ0) is 12.5. The molecule has 0 fully saturated rings. The van der Waals surface area contributed by atoms with Gasteiger partial charge in [0.2, 0.25) is 5.90 Å². The van der Waals surface area contributed by atoms with Crippen LogP contribution in [0.5, 0.6) is 0 Å². The van der Waals surface area contributed by atoms with Crippen molar-refractivity contribution in [2.45, 2.75) is 0 Å². The summed E-state index contributed by atoms with van der Waals surface area (Å²) in [6.45, 7) is 0. The number of esters is 1. The van der Waals surface area contributed by atoms with E-state index >= 15 is 0 Å². The van der Waals surface area contributed by atoms with Crippen LogP contribution in [0.2, 0.25) is 0 Å². The molecule has 0 N–H and O–H groups in total. The predicted octanol–water partition coefficient (Wildman–Crippen LogP) is 3.92. The molecule has 1 aliphatic rings. The molecule has 0 atom stereocenters. The predicted molar refractivity (Wildman–Crippen MR) is 76.9 cm³/mol. The number of aliphatic imine (C=N–C) groups is 1. The van der Waals surface area contributed by atoms with E-state index in [1.54, 1.807) is 17.4 Å². The number of hydrogen-bond donors (Lipinski definition) is 0. The van der Waals surface area contributed by atoms with Gasteiger partial charge in [0.05, 0.1) is 8.66 Å². The molecular weight excluding hydrogens is 334 g/mol. The van der Waals surface area contributed by atoms with Crippen molar-refractivity contribution in [2.75, 3.05) is 0 Å². The number of ether oxygens (including phenoxy) is 1. The molecule has 1 aliphatic heterocycles. The Hall–Kier alpha value is -1.24. The highest BCUT2D eigenvalue weighted by atomic mass is 79.9. The summed E-state index contributed by atoms with van der Waals surface area (Å²) in [6.07, 6.45) is 1.73. The van der Waals surface area contributed by atoms with Crippen molar-refractivity contribution in [2.24, 2.45) is 4.99 Å². The quantitative estimate of drug-likeness (QED) is 0.614. The smallest absolute Gasteiger partial charge is 0.363 e. The molecule has 2 aromatic heterocycles. The van der Waals surface area contributed by atoms with E-state index in [-0.39, 0.29) is 0 Å². The van der Waals surface area contributed by atoms with Crippen LogP contribution in [-0.2, 0) is 9.53 Å². The maximum absolute atomic E-state index is 11.7. The molecule has 90 valence electrons. The summed E-state index contributed by atoms with van der Waals surface area (Å²) < 4.78 is 6.16. The molecule has 0 spiro atoms. The number of carbonyl (C=O) groups excluding carboxylic acids is 1. The van der Waals surface area contributed by atoms with Gasteiger partial charge in [-0.2, -0.15) is 0 Å². The number of nitrogens with zero attached hydrogens (tertiary/aromatic N) is 1. The Labute approximate surface area is 120 Å². The monoisotopic (exact) mass is 339 g/mol. The van der Waals surface area contributed by atoms with Crippen molar-refractivity contribution in [3.63, 3.8) is 0 Å². The third kappa shape index (κ3) is 2.31. The molecule has 3 nitrogen and oxygen atoms in total. The fraction of sp³-hybridized carbons (Fsp3) is 0. The molecule has 0 radical (unpaired) electrons. The van der Waals surface area contributed by atoms with Gasteiger partial charge < -0.3 is 4.74 Å². The molecule has 0 saturated heterocycles. The minimum absolute atomic E-state index is 0.341. The lowest BCUT2D eigenvalue weighted by Crippen LogP contribution is -2.03. The number of carbonyl (C=O) groups is 1. The van der Waals surface area contributed by atoms with Gasteiger partial charge >= 0.3 is 5.97 Å². The van der Waals surface area contributed by atoms with Gasteiger partial charge in [-0.25, -0.2) is 9.79 Å². The van der Waals surface area contributed by atoms with E-state index in [1.807, 2.05) is 29.6 Å². The van der Waals surface area contributed by atoms with E-state index < -0.39 is 5.97 Å². The van der Waals surface area contributed by atoms with Crippen molar-refractivity contribution in [3.8, 4) is 0 Å². The second kappa shape index (κ2) is 4.79. The van der Waals surface area contributed by atoms with E-state index in [4.69, 9.17) is 4.74 Å². The lowest BCUT2D eigenvalue weighted by molar-refractivity contribution is -0.129. The second-order valence-corrected chi connectivity index (χ2v) is 6.90. The molecule has 2 aromatic rings. The van der Waals surface area contributed by atoms with E-state index in [1.165, 1.54) is 11.3 Å². The Kier molecular flexibility index (Phi) is 3.15. The van der Waals surface area contributed by atoms with E-state index in [9.17, 15) is 4.79 Å². The van der Waals surface area contributed by atoms with E-state index in [0.29, 0.717) is 11.6 Å². The van der Waals surface area contributed by atoms with Gasteiger partial charge in [-0.15, -0.1) is 22.7 Å². The van der Waals surface area contributed by atoms with Crippen LogP contribution in [-0.4, -0.2) is 11.9 Å². The third-order valence-corrected chi connectivity index (χ3v) is 4.65. The first-order valence-electron chi connectivity index (χ1n) is 5.04. The van der Waals surface area contributed by atoms with Crippen molar-refractivity contribution in [1.29, 1.82) is 0 Å². The standard InChI is InChI=1S/C12H6BrNO2S2/c13-10-4-3-7(18-10)6-8-12(15)16-11(14-8)9-2-1-5-17-9/h1-6H/b8-6-. The highest BCUT2D eigenvalue weighted by Crippen LogP contribution is 2.26. The van der Waals surface area contributed by atoms with Gasteiger partial charge in [0.1, 0.15) is 0 Å². The van der Waals surface area contributed by atoms with Crippen LogP contribution in [0, 0.1) is 0 Å². The van der Waals surface area contributed by atoms with Crippen LogP contribution >= 0.6 is 38.6 Å². The Morgan fingerprint density at radius 1 is 1.33 bits per heavy atom. The molecule has 0 bridgehead atoms. The van der Waals surface area contributed by atoms with Gasteiger partial charge in [0.15, 0.2) is 5.70 Å². The largest absolute Gasteiger partial charge is 0.401 e. The molecule has 3 rings (SSSR count). The van der Waals surface area contributed by atoms with Crippen molar-refractivity contribution >= 4 is 56.5 Å². The first-order chi connectivity index (χ1) is 8.72. The van der Waals surface area contributed by atoms with Gasteiger partial charge in [0.25, 0.3) is 0 Å². The number of cyclic esters (lactones) is 1. The molecule has 0 amide bonds. The molecule has 3 heterocycles. The SMILES string of the molecule is O=C1OC(c2cccs2)=N/C1=C\c1ccc(Br)s1. The Bertz CT molecular complexity index is 655. The van der Waals surface area contributed by atoms with Crippen LogP contribution in [0.25, 0.3) is 6.08 Å². The van der Waals surface area contributed by atoms with Crippen molar-refractivity contribution in [1.82, 2.24) is 0 Å². The fourth-order valence-electron chi connectivity index (χ4n) is 1.46. The second-order valence-electron chi connectivity index (χ2n) is 3.46. The zero-order valence-corrected chi connectivity index (χ0v) is 12.1. The number of hydrogen-bond acceptors (Lipinski definition) is 5. The first-order valence-corrected chi connectivity index (χ1v) is 7.53. The Balaban J connectivity index is 1.94. The van der Waals surface area contributed by atoms with Crippen LogP contribution in [0.3, 0.4) is 0 Å². The summed E-state index contributed by atoms with van der Waals surface area (Å²) in [4.78, 5) is 17.7. The summed E-state index contributed by atoms with van der Waals surface area (Å²) in [5.74, 6) is -0.0141. The molecular formula is C12H6BrNO2S2. The summed E-state index contributed by atoms with van der Waals surface area (Å²) in [5, 5.41) is 1.92. The summed E-state index contributed by atoms with van der Waals surface area (Å²) >= 11 is 6.41. The summed E-state index contributed by atoms with van der Waals surface area (Å²) in [7, 11) is 0. The topological polar surface area (TPSA) is 38.7 Å². The van der Waals surface area contributed by atoms with Crippen molar-refractivity contribution < 1.29 is 9.53 Å². The van der Waals surface area contributed by atoms with Gasteiger partial charge in [-0.3, -0.25) is 0 Å². The van der Waals surface area contributed by atoms with E-state index in [2.05, 4.69) is 20.9 Å². The summed E-state index contributed by atoms with van der Waals surface area (Å²) in [5.41, 5.74) is 0.341. The summed E-state index contributed by atoms with van der Waals surface area (Å²) in [6, 6.07) is 7.63. The normalized spacial score (nSPS) is 17.1. The number of thiophene rings is 2. The molecule has 18 heavy (non-hydrogen) atoms. The highest BCUT2D eigenvalue weighted by molar-refractivity contribution is 9.11. The fourth-order valence-corrected chi connectivity index (χ4v) is 3.47. The first kappa shape index (κ1) is 11.8. The van der Waals surface area contributed by atoms with Crippen molar-refractivity contribution in [3.05, 3.63) is 48.9 Å². The maximum atomic E-state index is 11.7.